The number of likely N-dealkylation sites (N-methyl/N-ethyl adjacent to an activating group) is 2. The summed E-state index contributed by atoms with van der Waals surface area (Å²) in [7, 11) is 3.47. The molecular weight excluding hydrogens is 152 g/mol. The maximum atomic E-state index is 11.4. The Kier molecular flexibility index (Phi) is 1.80. The van der Waals surface area contributed by atoms with E-state index in [9.17, 15) is 4.79 Å². The minimum Gasteiger partial charge on any atom is -0.331 e. The van der Waals surface area contributed by atoms with Crippen molar-refractivity contribution in [2.75, 3.05) is 14.1 Å². The van der Waals surface area contributed by atoms with Gasteiger partial charge in [0.2, 0.25) is 0 Å². The molecule has 1 rings (SSSR count). The fourth-order valence-corrected chi connectivity index (χ4v) is 1.03. The van der Waals surface area contributed by atoms with Crippen molar-refractivity contribution in [1.82, 2.24) is 9.80 Å². The third-order valence-corrected chi connectivity index (χ3v) is 2.09. The van der Waals surface area contributed by atoms with Gasteiger partial charge in [0.15, 0.2) is 0 Å². The first kappa shape index (κ1) is 8.59. The predicted octanol–water partition coefficient (Wildman–Crippen LogP) is 0.931. The van der Waals surface area contributed by atoms with Crippen LogP contribution >= 0.6 is 0 Å². The van der Waals surface area contributed by atoms with E-state index in [0.29, 0.717) is 17.1 Å². The highest BCUT2D eigenvalue weighted by atomic mass is 16.2. The van der Waals surface area contributed by atoms with Crippen LogP contribution in [0.4, 0.5) is 0 Å². The molecule has 0 aromatic carbocycles. The van der Waals surface area contributed by atoms with Crippen molar-refractivity contribution >= 4 is 5.91 Å². The molecule has 1 aliphatic rings. The average molecular weight is 164 g/mol. The highest BCUT2D eigenvalue weighted by Gasteiger charge is 2.27. The minimum absolute atomic E-state index is 0.136. The zero-order chi connectivity index (χ0) is 9.46. The van der Waals surface area contributed by atoms with E-state index in [1.807, 2.05) is 0 Å². The third kappa shape index (κ3) is 0.942. The summed E-state index contributed by atoms with van der Waals surface area (Å²) in [6.07, 6.45) is 0. The highest BCUT2D eigenvalue weighted by molar-refractivity contribution is 5.99. The zero-order valence-corrected chi connectivity index (χ0v) is 7.42. The molecule has 0 aromatic heterocycles. The van der Waals surface area contributed by atoms with Crippen molar-refractivity contribution in [3.63, 3.8) is 0 Å². The van der Waals surface area contributed by atoms with E-state index in [4.69, 9.17) is 0 Å². The van der Waals surface area contributed by atoms with Crippen LogP contribution in [0.3, 0.4) is 0 Å². The van der Waals surface area contributed by atoms with Gasteiger partial charge in [0.05, 0.1) is 5.57 Å². The standard InChI is InChI=1S/C9H12N2O/c1-6-7(2)10(4)8(3)11(5)9(6)12/h1-3H2,4-5H3. The second kappa shape index (κ2) is 2.52. The summed E-state index contributed by atoms with van der Waals surface area (Å²) in [6, 6.07) is 0. The van der Waals surface area contributed by atoms with Gasteiger partial charge < -0.3 is 4.90 Å². The fraction of sp³-hybridized carbons (Fsp3) is 0.222. The van der Waals surface area contributed by atoms with Gasteiger partial charge in [-0.05, 0) is 0 Å². The number of amides is 1. The fourth-order valence-electron chi connectivity index (χ4n) is 1.03. The Balaban J connectivity index is 3.07. The lowest BCUT2D eigenvalue weighted by Gasteiger charge is -2.36. The molecule has 0 aromatic rings. The van der Waals surface area contributed by atoms with Gasteiger partial charge in [0.25, 0.3) is 5.91 Å². The molecule has 1 amide bonds. The molecule has 0 radical (unpaired) electrons. The second-order valence-corrected chi connectivity index (χ2v) is 2.76. The van der Waals surface area contributed by atoms with Gasteiger partial charge in [-0.15, -0.1) is 0 Å². The van der Waals surface area contributed by atoms with Gasteiger partial charge in [0, 0.05) is 19.8 Å². The van der Waals surface area contributed by atoms with E-state index in [-0.39, 0.29) is 5.91 Å². The van der Waals surface area contributed by atoms with Crippen molar-refractivity contribution in [2.45, 2.75) is 0 Å². The summed E-state index contributed by atoms with van der Waals surface area (Å²) >= 11 is 0. The molecule has 1 aliphatic heterocycles. The molecular formula is C9H12N2O. The van der Waals surface area contributed by atoms with Crippen LogP contribution in [0, 0.1) is 0 Å². The maximum absolute atomic E-state index is 11.4. The molecule has 0 bridgehead atoms. The Hall–Kier alpha value is -1.51. The van der Waals surface area contributed by atoms with Gasteiger partial charge in [-0.3, -0.25) is 9.69 Å². The highest BCUT2D eigenvalue weighted by Crippen LogP contribution is 2.24. The summed E-state index contributed by atoms with van der Waals surface area (Å²) in [5.74, 6) is 0.487. The Morgan fingerprint density at radius 2 is 1.58 bits per heavy atom. The van der Waals surface area contributed by atoms with Crippen molar-refractivity contribution in [1.29, 1.82) is 0 Å². The summed E-state index contributed by atoms with van der Waals surface area (Å²) in [5.41, 5.74) is 1.04. The Morgan fingerprint density at radius 3 is 2.08 bits per heavy atom. The zero-order valence-electron chi connectivity index (χ0n) is 7.42. The molecule has 3 nitrogen and oxygen atoms in total. The van der Waals surface area contributed by atoms with Crippen LogP contribution in [0.5, 0.6) is 0 Å². The summed E-state index contributed by atoms with van der Waals surface area (Å²) in [4.78, 5) is 14.6. The lowest BCUT2D eigenvalue weighted by molar-refractivity contribution is -0.126. The molecule has 1 fully saturated rings. The first-order valence-corrected chi connectivity index (χ1v) is 3.55. The molecule has 0 aliphatic carbocycles. The van der Waals surface area contributed by atoms with Crippen LogP contribution in [0.25, 0.3) is 0 Å². The van der Waals surface area contributed by atoms with Crippen LogP contribution in [0.2, 0.25) is 0 Å². The van der Waals surface area contributed by atoms with Crippen LogP contribution in [0.1, 0.15) is 0 Å². The molecule has 0 N–H and O–H groups in total. The van der Waals surface area contributed by atoms with Crippen molar-refractivity contribution < 1.29 is 4.79 Å². The molecule has 0 atom stereocenters. The number of hydrogen-bond donors (Lipinski definition) is 0. The minimum atomic E-state index is -0.136. The van der Waals surface area contributed by atoms with Crippen molar-refractivity contribution in [3.05, 3.63) is 36.8 Å². The number of hydrogen-bond acceptors (Lipinski definition) is 2. The van der Waals surface area contributed by atoms with E-state index in [0.717, 1.165) is 0 Å². The first-order valence-electron chi connectivity index (χ1n) is 3.55. The SMILES string of the molecule is C=C1C(=C)N(C)C(=C)N(C)C1=O. The van der Waals surface area contributed by atoms with Crippen LogP contribution in [-0.4, -0.2) is 29.8 Å². The summed E-state index contributed by atoms with van der Waals surface area (Å²) in [5, 5.41) is 0. The smallest absolute Gasteiger partial charge is 0.260 e. The van der Waals surface area contributed by atoms with Gasteiger partial charge in [0.1, 0.15) is 5.82 Å². The van der Waals surface area contributed by atoms with E-state index in [1.54, 1.807) is 19.0 Å². The van der Waals surface area contributed by atoms with E-state index >= 15 is 0 Å². The van der Waals surface area contributed by atoms with Crippen molar-refractivity contribution in [3.8, 4) is 0 Å². The van der Waals surface area contributed by atoms with Gasteiger partial charge >= 0.3 is 0 Å². The maximum Gasteiger partial charge on any atom is 0.260 e. The number of nitrogens with zero attached hydrogens (tertiary/aromatic N) is 2. The third-order valence-electron chi connectivity index (χ3n) is 2.09. The summed E-state index contributed by atoms with van der Waals surface area (Å²) < 4.78 is 0. The summed E-state index contributed by atoms with van der Waals surface area (Å²) in [6.45, 7) is 11.1. The lowest BCUT2D eigenvalue weighted by atomic mass is 10.1. The molecule has 1 saturated heterocycles. The Labute approximate surface area is 72.3 Å². The molecule has 3 heteroatoms. The average Bonchev–Trinajstić information content (AvgIpc) is 2.08. The van der Waals surface area contributed by atoms with Gasteiger partial charge in [-0.2, -0.15) is 0 Å². The van der Waals surface area contributed by atoms with Gasteiger partial charge in [-0.1, -0.05) is 19.7 Å². The van der Waals surface area contributed by atoms with Crippen LogP contribution < -0.4 is 0 Å². The quantitative estimate of drug-likeness (QED) is 0.497. The molecule has 0 unspecified atom stereocenters. The van der Waals surface area contributed by atoms with E-state index < -0.39 is 0 Å². The Morgan fingerprint density at radius 1 is 1.08 bits per heavy atom. The topological polar surface area (TPSA) is 23.6 Å². The molecule has 64 valence electrons. The molecule has 12 heavy (non-hydrogen) atoms. The van der Waals surface area contributed by atoms with E-state index in [1.165, 1.54) is 4.90 Å². The largest absolute Gasteiger partial charge is 0.331 e. The first-order chi connectivity index (χ1) is 5.46. The number of carbonyl (C=O) groups is 1. The van der Waals surface area contributed by atoms with Crippen LogP contribution in [-0.2, 0) is 4.79 Å². The molecule has 1 heterocycles. The number of carbonyl (C=O) groups excluding carboxylic acids is 1. The van der Waals surface area contributed by atoms with Crippen LogP contribution in [0.15, 0.2) is 36.8 Å². The number of rotatable bonds is 0. The van der Waals surface area contributed by atoms with Crippen molar-refractivity contribution in [2.24, 2.45) is 0 Å². The molecule has 0 saturated carbocycles. The lowest BCUT2D eigenvalue weighted by Crippen LogP contribution is -2.41. The van der Waals surface area contributed by atoms with E-state index in [2.05, 4.69) is 19.7 Å². The second-order valence-electron chi connectivity index (χ2n) is 2.76. The molecule has 0 spiro atoms. The normalized spacial score (nSPS) is 19.2. The predicted molar refractivity (Wildman–Crippen MR) is 48.0 cm³/mol. The Bertz CT molecular complexity index is 265. The van der Waals surface area contributed by atoms with Gasteiger partial charge in [-0.25, -0.2) is 0 Å². The monoisotopic (exact) mass is 164 g/mol.